The molecule has 114 valence electrons. The fourth-order valence-corrected chi connectivity index (χ4v) is 3.26. The summed E-state index contributed by atoms with van der Waals surface area (Å²) in [5, 5.41) is 5.04. The molecule has 0 spiro atoms. The molecular formula is C19H15ClN2O. The number of pyridine rings is 1. The summed E-state index contributed by atoms with van der Waals surface area (Å²) in [6.45, 7) is 4.14. The summed E-state index contributed by atoms with van der Waals surface area (Å²) in [5.74, 6) is 0.630. The Morgan fingerprint density at radius 1 is 1.17 bits per heavy atom. The van der Waals surface area contributed by atoms with Crippen molar-refractivity contribution in [3.63, 3.8) is 0 Å². The van der Waals surface area contributed by atoms with Crippen LogP contribution in [0.5, 0.6) is 5.88 Å². The lowest BCUT2D eigenvalue weighted by atomic mass is 10.1. The summed E-state index contributed by atoms with van der Waals surface area (Å²) < 4.78 is 7.86. The molecule has 0 unspecified atom stereocenters. The first-order valence-electron chi connectivity index (χ1n) is 7.41. The van der Waals surface area contributed by atoms with Crippen LogP contribution >= 0.6 is 11.6 Å². The zero-order chi connectivity index (χ0) is 16.0. The highest BCUT2D eigenvalue weighted by atomic mass is 35.5. The minimum Gasteiger partial charge on any atom is -0.473 e. The standard InChI is InChI=1S/C19H15ClN2O/c1-3-10-23-19-14-7-5-4-6-13(14)17-15-11-12(20)8-9-16(15)22(2)18(17)21-19/h3-9,11H,1,10H2,2H3. The van der Waals surface area contributed by atoms with E-state index in [4.69, 9.17) is 21.3 Å². The van der Waals surface area contributed by atoms with Gasteiger partial charge in [-0.3, -0.25) is 0 Å². The van der Waals surface area contributed by atoms with Crippen molar-refractivity contribution < 1.29 is 4.74 Å². The molecule has 4 heteroatoms. The van der Waals surface area contributed by atoms with Crippen LogP contribution in [0, 0.1) is 0 Å². The van der Waals surface area contributed by atoms with E-state index in [1.165, 1.54) is 0 Å². The second-order valence-corrected chi connectivity index (χ2v) is 5.92. The molecule has 0 fully saturated rings. The first-order valence-corrected chi connectivity index (χ1v) is 7.78. The van der Waals surface area contributed by atoms with Gasteiger partial charge in [-0.2, -0.15) is 4.98 Å². The average molecular weight is 323 g/mol. The molecule has 2 aromatic heterocycles. The van der Waals surface area contributed by atoms with Gasteiger partial charge in [0.25, 0.3) is 0 Å². The van der Waals surface area contributed by atoms with E-state index in [9.17, 15) is 0 Å². The Hall–Kier alpha value is -2.52. The first-order chi connectivity index (χ1) is 11.2. The molecule has 4 aromatic rings. The Labute approximate surface area is 138 Å². The molecule has 0 aliphatic carbocycles. The van der Waals surface area contributed by atoms with E-state index >= 15 is 0 Å². The highest BCUT2D eigenvalue weighted by Crippen LogP contribution is 2.37. The van der Waals surface area contributed by atoms with E-state index in [2.05, 4.69) is 17.2 Å². The molecule has 0 atom stereocenters. The van der Waals surface area contributed by atoms with Gasteiger partial charge in [-0.1, -0.05) is 42.5 Å². The summed E-state index contributed by atoms with van der Waals surface area (Å²) in [7, 11) is 2.01. The smallest absolute Gasteiger partial charge is 0.223 e. The van der Waals surface area contributed by atoms with Gasteiger partial charge < -0.3 is 9.30 Å². The maximum Gasteiger partial charge on any atom is 0.223 e. The summed E-state index contributed by atoms with van der Waals surface area (Å²) in [6, 6.07) is 14.1. The molecule has 0 bridgehead atoms. The van der Waals surface area contributed by atoms with E-state index in [-0.39, 0.29) is 0 Å². The van der Waals surface area contributed by atoms with Crippen LogP contribution in [0.1, 0.15) is 0 Å². The van der Waals surface area contributed by atoms with Crippen molar-refractivity contribution in [3.8, 4) is 5.88 Å². The lowest BCUT2D eigenvalue weighted by Crippen LogP contribution is -1.98. The lowest BCUT2D eigenvalue weighted by molar-refractivity contribution is 0.354. The maximum atomic E-state index is 6.21. The van der Waals surface area contributed by atoms with Crippen molar-refractivity contribution in [3.05, 3.63) is 60.1 Å². The van der Waals surface area contributed by atoms with E-state index in [0.29, 0.717) is 12.5 Å². The number of aromatic nitrogens is 2. The summed E-state index contributed by atoms with van der Waals surface area (Å²) >= 11 is 6.21. The van der Waals surface area contributed by atoms with Crippen LogP contribution in [0.4, 0.5) is 0 Å². The molecule has 3 nitrogen and oxygen atoms in total. The fraction of sp³-hybridized carbons (Fsp3) is 0.105. The number of benzene rings is 2. The van der Waals surface area contributed by atoms with E-state index in [1.54, 1.807) is 6.08 Å². The Kier molecular flexibility index (Phi) is 3.24. The normalized spacial score (nSPS) is 11.4. The van der Waals surface area contributed by atoms with Crippen molar-refractivity contribution in [2.45, 2.75) is 0 Å². The third kappa shape index (κ3) is 2.08. The second kappa shape index (κ2) is 5.28. The highest BCUT2D eigenvalue weighted by Gasteiger charge is 2.16. The van der Waals surface area contributed by atoms with Gasteiger partial charge in [-0.05, 0) is 29.7 Å². The molecule has 2 aromatic carbocycles. The number of hydrogen-bond acceptors (Lipinski definition) is 2. The van der Waals surface area contributed by atoms with Crippen molar-refractivity contribution >= 4 is 44.3 Å². The van der Waals surface area contributed by atoms with Gasteiger partial charge in [0.1, 0.15) is 12.3 Å². The molecule has 4 rings (SSSR count). The maximum absolute atomic E-state index is 6.21. The van der Waals surface area contributed by atoms with Crippen LogP contribution in [0.3, 0.4) is 0 Å². The largest absolute Gasteiger partial charge is 0.473 e. The van der Waals surface area contributed by atoms with E-state index in [1.807, 2.05) is 43.4 Å². The van der Waals surface area contributed by atoms with E-state index in [0.717, 1.165) is 37.7 Å². The number of nitrogens with zero attached hydrogens (tertiary/aromatic N) is 2. The van der Waals surface area contributed by atoms with E-state index < -0.39 is 0 Å². The van der Waals surface area contributed by atoms with Crippen LogP contribution in [-0.2, 0) is 7.05 Å². The van der Waals surface area contributed by atoms with Gasteiger partial charge in [0, 0.05) is 28.2 Å². The second-order valence-electron chi connectivity index (χ2n) is 5.48. The van der Waals surface area contributed by atoms with Crippen LogP contribution in [0.25, 0.3) is 32.7 Å². The lowest BCUT2D eigenvalue weighted by Gasteiger charge is -2.08. The fourth-order valence-electron chi connectivity index (χ4n) is 3.09. The Balaban J connectivity index is 2.21. The predicted molar refractivity (Wildman–Crippen MR) is 96.4 cm³/mol. The first kappa shape index (κ1) is 14.1. The molecule has 0 aliphatic heterocycles. The molecule has 0 N–H and O–H groups in total. The molecule has 0 saturated carbocycles. The van der Waals surface area contributed by atoms with Crippen LogP contribution < -0.4 is 4.74 Å². The molecule has 0 radical (unpaired) electrons. The number of fused-ring (bicyclic) bond motifs is 5. The molecule has 0 amide bonds. The summed E-state index contributed by atoms with van der Waals surface area (Å²) in [5.41, 5.74) is 1.99. The van der Waals surface area contributed by atoms with Crippen LogP contribution in [-0.4, -0.2) is 16.2 Å². The van der Waals surface area contributed by atoms with Crippen molar-refractivity contribution in [1.29, 1.82) is 0 Å². The highest BCUT2D eigenvalue weighted by molar-refractivity contribution is 6.32. The van der Waals surface area contributed by atoms with Crippen LogP contribution in [0.15, 0.2) is 55.1 Å². The van der Waals surface area contributed by atoms with Gasteiger partial charge in [0.05, 0.1) is 5.52 Å². The van der Waals surface area contributed by atoms with Gasteiger partial charge in [0.15, 0.2) is 0 Å². The van der Waals surface area contributed by atoms with Crippen molar-refractivity contribution in [1.82, 2.24) is 9.55 Å². The van der Waals surface area contributed by atoms with Gasteiger partial charge >= 0.3 is 0 Å². The Morgan fingerprint density at radius 2 is 1.96 bits per heavy atom. The summed E-state index contributed by atoms with van der Waals surface area (Å²) in [4.78, 5) is 4.76. The molecule has 0 saturated heterocycles. The van der Waals surface area contributed by atoms with Crippen molar-refractivity contribution in [2.75, 3.05) is 6.61 Å². The number of aryl methyl sites for hydroxylation is 1. The summed E-state index contributed by atoms with van der Waals surface area (Å²) in [6.07, 6.45) is 1.72. The molecule has 0 aliphatic rings. The zero-order valence-corrected chi connectivity index (χ0v) is 13.5. The Morgan fingerprint density at radius 3 is 2.74 bits per heavy atom. The van der Waals surface area contributed by atoms with Crippen molar-refractivity contribution in [2.24, 2.45) is 7.05 Å². The predicted octanol–water partition coefficient (Wildman–Crippen LogP) is 5.10. The molecule has 2 heterocycles. The van der Waals surface area contributed by atoms with Gasteiger partial charge in [-0.25, -0.2) is 0 Å². The Bertz CT molecular complexity index is 1070. The number of halogens is 1. The molecule has 23 heavy (non-hydrogen) atoms. The third-order valence-corrected chi connectivity index (χ3v) is 4.34. The number of rotatable bonds is 3. The topological polar surface area (TPSA) is 27.1 Å². The van der Waals surface area contributed by atoms with Crippen LogP contribution in [0.2, 0.25) is 5.02 Å². The third-order valence-electron chi connectivity index (χ3n) is 4.10. The SMILES string of the molecule is C=CCOc1nc2c(c3ccccc13)c1cc(Cl)ccc1n2C. The molecular weight excluding hydrogens is 308 g/mol. The number of hydrogen-bond donors (Lipinski definition) is 0. The quantitative estimate of drug-likeness (QED) is 0.491. The number of ether oxygens (including phenoxy) is 1. The zero-order valence-electron chi connectivity index (χ0n) is 12.7. The minimum atomic E-state index is 0.429. The average Bonchev–Trinajstić information content (AvgIpc) is 2.85. The van der Waals surface area contributed by atoms with Gasteiger partial charge in [-0.15, -0.1) is 0 Å². The van der Waals surface area contributed by atoms with Gasteiger partial charge in [0.2, 0.25) is 5.88 Å². The minimum absolute atomic E-state index is 0.429. The monoisotopic (exact) mass is 322 g/mol.